The Morgan fingerprint density at radius 1 is 1.08 bits per heavy atom. The minimum Gasteiger partial charge on any atom is -0.359 e. The molecule has 0 aliphatic carbocycles. The van der Waals surface area contributed by atoms with E-state index in [1.54, 1.807) is 18.1 Å². The van der Waals surface area contributed by atoms with Crippen LogP contribution in [0, 0.1) is 0 Å². The molecule has 0 aliphatic rings. The number of aromatic nitrogens is 3. The van der Waals surface area contributed by atoms with Crippen LogP contribution in [0.4, 0.5) is 0 Å². The normalized spacial score (nSPS) is 11.9. The fourth-order valence-electron chi connectivity index (χ4n) is 2.67. The molecule has 1 aromatic heterocycles. The lowest BCUT2D eigenvalue weighted by Gasteiger charge is -2.18. The number of benzene rings is 2. The number of hydrogen-bond acceptors (Lipinski definition) is 4. The Morgan fingerprint density at radius 3 is 2.44 bits per heavy atom. The first-order valence-electron chi connectivity index (χ1n) is 8.21. The molecule has 128 valence electrons. The van der Waals surface area contributed by atoms with Gasteiger partial charge in [0.05, 0.1) is 12.2 Å². The van der Waals surface area contributed by atoms with Gasteiger partial charge >= 0.3 is 0 Å². The van der Waals surface area contributed by atoms with Gasteiger partial charge in [0, 0.05) is 19.5 Å². The van der Waals surface area contributed by atoms with Gasteiger partial charge in [0.15, 0.2) is 0 Å². The third kappa shape index (κ3) is 4.30. The summed E-state index contributed by atoms with van der Waals surface area (Å²) >= 11 is 0. The summed E-state index contributed by atoms with van der Waals surface area (Å²) in [5, 5.41) is 10.4. The zero-order valence-corrected chi connectivity index (χ0v) is 14.1. The van der Waals surface area contributed by atoms with Crippen molar-refractivity contribution in [1.29, 1.82) is 0 Å². The summed E-state index contributed by atoms with van der Waals surface area (Å²) in [5.41, 5.74) is 2.02. The molecule has 3 aromatic rings. The van der Waals surface area contributed by atoms with Crippen molar-refractivity contribution in [3.05, 3.63) is 78.4 Å². The fourth-order valence-corrected chi connectivity index (χ4v) is 2.67. The van der Waals surface area contributed by atoms with E-state index in [9.17, 15) is 4.79 Å². The van der Waals surface area contributed by atoms with Gasteiger partial charge in [-0.05, 0) is 17.7 Å². The van der Waals surface area contributed by atoms with Crippen molar-refractivity contribution in [1.82, 2.24) is 25.4 Å². The van der Waals surface area contributed by atoms with Gasteiger partial charge < -0.3 is 10.6 Å². The van der Waals surface area contributed by atoms with E-state index < -0.39 is 0 Å². The highest BCUT2D eigenvalue weighted by Gasteiger charge is 2.16. The molecule has 3 rings (SSSR count). The first-order valence-corrected chi connectivity index (χ1v) is 8.21. The molecule has 0 saturated carbocycles. The molecule has 0 saturated heterocycles. The standard InChI is InChI=1S/C19H21N5O/c1-20-19(25)12-17(15-8-4-2-5-9-15)21-13-18-22-14-23-24(18)16-10-6-3-7-11-16/h2-11,14,17,21H,12-13H2,1H3,(H,20,25). The maximum atomic E-state index is 11.9. The molecular weight excluding hydrogens is 314 g/mol. The highest BCUT2D eigenvalue weighted by atomic mass is 16.1. The molecule has 1 amide bonds. The van der Waals surface area contributed by atoms with Crippen molar-refractivity contribution in [2.24, 2.45) is 0 Å². The number of amides is 1. The summed E-state index contributed by atoms with van der Waals surface area (Å²) in [4.78, 5) is 16.2. The third-order valence-corrected chi connectivity index (χ3v) is 4.00. The van der Waals surface area contributed by atoms with Crippen LogP contribution in [-0.2, 0) is 11.3 Å². The van der Waals surface area contributed by atoms with Gasteiger partial charge in [0.2, 0.25) is 5.91 Å². The molecule has 0 radical (unpaired) electrons. The van der Waals surface area contributed by atoms with Gasteiger partial charge in [-0.25, -0.2) is 9.67 Å². The zero-order chi connectivity index (χ0) is 17.5. The molecule has 0 aliphatic heterocycles. The topological polar surface area (TPSA) is 71.8 Å². The van der Waals surface area contributed by atoms with Gasteiger partial charge in [-0.2, -0.15) is 5.10 Å². The molecule has 2 aromatic carbocycles. The SMILES string of the molecule is CNC(=O)CC(NCc1ncnn1-c1ccccc1)c1ccccc1. The Kier molecular flexibility index (Phi) is 5.53. The maximum Gasteiger partial charge on any atom is 0.221 e. The lowest BCUT2D eigenvalue weighted by Crippen LogP contribution is -2.29. The Bertz CT molecular complexity index is 801. The summed E-state index contributed by atoms with van der Waals surface area (Å²) < 4.78 is 1.80. The number of carbonyl (C=O) groups excluding carboxylic acids is 1. The van der Waals surface area contributed by atoms with E-state index in [4.69, 9.17) is 0 Å². The largest absolute Gasteiger partial charge is 0.359 e. The van der Waals surface area contributed by atoms with Gasteiger partial charge in [0.25, 0.3) is 0 Å². The second-order valence-electron chi connectivity index (χ2n) is 5.65. The lowest BCUT2D eigenvalue weighted by molar-refractivity contribution is -0.121. The van der Waals surface area contributed by atoms with E-state index in [2.05, 4.69) is 20.7 Å². The van der Waals surface area contributed by atoms with Crippen LogP contribution >= 0.6 is 0 Å². The van der Waals surface area contributed by atoms with Gasteiger partial charge in [-0.1, -0.05) is 48.5 Å². The summed E-state index contributed by atoms with van der Waals surface area (Å²) in [6.45, 7) is 0.505. The first-order chi connectivity index (χ1) is 12.3. The second kappa shape index (κ2) is 8.21. The van der Waals surface area contributed by atoms with Gasteiger partial charge in [-0.15, -0.1) is 0 Å². The van der Waals surface area contributed by atoms with Crippen molar-refractivity contribution in [2.45, 2.75) is 19.0 Å². The summed E-state index contributed by atoms with van der Waals surface area (Å²) in [5.74, 6) is 0.787. The van der Waals surface area contributed by atoms with E-state index in [1.807, 2.05) is 60.7 Å². The van der Waals surface area contributed by atoms with Crippen LogP contribution in [0.2, 0.25) is 0 Å². The second-order valence-corrected chi connectivity index (χ2v) is 5.65. The molecule has 2 N–H and O–H groups in total. The molecule has 1 unspecified atom stereocenters. The summed E-state index contributed by atoms with van der Waals surface area (Å²) in [6.07, 6.45) is 1.90. The molecule has 0 fully saturated rings. The van der Waals surface area contributed by atoms with E-state index >= 15 is 0 Å². The van der Waals surface area contributed by atoms with E-state index in [1.165, 1.54) is 0 Å². The number of nitrogens with zero attached hydrogens (tertiary/aromatic N) is 3. The highest BCUT2D eigenvalue weighted by molar-refractivity contribution is 5.76. The fraction of sp³-hybridized carbons (Fsp3) is 0.211. The van der Waals surface area contributed by atoms with Crippen molar-refractivity contribution in [3.63, 3.8) is 0 Å². The van der Waals surface area contributed by atoms with Crippen LogP contribution in [0.1, 0.15) is 23.9 Å². The van der Waals surface area contributed by atoms with Crippen LogP contribution < -0.4 is 10.6 Å². The minimum atomic E-state index is -0.0953. The Morgan fingerprint density at radius 2 is 1.76 bits per heavy atom. The lowest BCUT2D eigenvalue weighted by atomic mass is 10.0. The molecule has 1 heterocycles. The average Bonchev–Trinajstić information content (AvgIpc) is 3.15. The number of carbonyl (C=O) groups is 1. The summed E-state index contributed by atoms with van der Waals surface area (Å²) in [6, 6.07) is 19.7. The van der Waals surface area contributed by atoms with E-state index in [-0.39, 0.29) is 11.9 Å². The third-order valence-electron chi connectivity index (χ3n) is 4.00. The van der Waals surface area contributed by atoms with Crippen LogP contribution in [-0.4, -0.2) is 27.7 Å². The average molecular weight is 335 g/mol. The molecule has 0 bridgehead atoms. The number of hydrogen-bond donors (Lipinski definition) is 2. The molecule has 25 heavy (non-hydrogen) atoms. The van der Waals surface area contributed by atoms with Crippen molar-refractivity contribution in [3.8, 4) is 5.69 Å². The maximum absolute atomic E-state index is 11.9. The quantitative estimate of drug-likeness (QED) is 0.694. The first kappa shape index (κ1) is 16.9. The molecule has 6 heteroatoms. The molecule has 6 nitrogen and oxygen atoms in total. The van der Waals surface area contributed by atoms with Crippen molar-refractivity contribution in [2.75, 3.05) is 7.05 Å². The van der Waals surface area contributed by atoms with E-state index in [0.717, 1.165) is 17.1 Å². The molecular formula is C19H21N5O. The predicted octanol–water partition coefficient (Wildman–Crippen LogP) is 2.23. The predicted molar refractivity (Wildman–Crippen MR) is 96.1 cm³/mol. The Hall–Kier alpha value is -2.99. The molecule has 0 spiro atoms. The number of rotatable bonds is 7. The summed E-state index contributed by atoms with van der Waals surface area (Å²) in [7, 11) is 1.65. The van der Waals surface area contributed by atoms with Crippen molar-refractivity contribution < 1.29 is 4.79 Å². The number of nitrogens with one attached hydrogen (secondary N) is 2. The minimum absolute atomic E-state index is 0.00845. The number of para-hydroxylation sites is 1. The van der Waals surface area contributed by atoms with Crippen LogP contribution in [0.15, 0.2) is 67.0 Å². The van der Waals surface area contributed by atoms with Crippen LogP contribution in [0.3, 0.4) is 0 Å². The van der Waals surface area contributed by atoms with E-state index in [0.29, 0.717) is 13.0 Å². The highest BCUT2D eigenvalue weighted by Crippen LogP contribution is 2.17. The van der Waals surface area contributed by atoms with Gasteiger partial charge in [-0.3, -0.25) is 4.79 Å². The molecule has 1 atom stereocenters. The smallest absolute Gasteiger partial charge is 0.221 e. The van der Waals surface area contributed by atoms with Crippen LogP contribution in [0.5, 0.6) is 0 Å². The van der Waals surface area contributed by atoms with Crippen molar-refractivity contribution >= 4 is 5.91 Å². The van der Waals surface area contributed by atoms with Crippen LogP contribution in [0.25, 0.3) is 5.69 Å². The zero-order valence-electron chi connectivity index (χ0n) is 14.1. The Labute approximate surface area is 146 Å². The van der Waals surface area contributed by atoms with Gasteiger partial charge in [0.1, 0.15) is 12.2 Å². The monoisotopic (exact) mass is 335 g/mol. The Balaban J connectivity index is 1.76.